The maximum absolute atomic E-state index is 13.3. The number of carboxylic acids is 1. The molecule has 1 amide bonds. The molecule has 6 heteroatoms. The smallest absolute Gasteiger partial charge is 0.326 e. The first-order chi connectivity index (χ1) is 12.4. The Hall–Kier alpha value is -3.28. The first-order valence-electron chi connectivity index (χ1n) is 7.90. The Morgan fingerprint density at radius 1 is 0.923 bits per heavy atom. The molecule has 3 aromatic carbocycles. The van der Waals surface area contributed by atoms with Gasteiger partial charge in [-0.1, -0.05) is 42.5 Å². The lowest BCUT2D eigenvalue weighted by Gasteiger charge is -2.15. The molecule has 0 radical (unpaired) electrons. The van der Waals surface area contributed by atoms with E-state index in [0.717, 1.165) is 34.5 Å². The van der Waals surface area contributed by atoms with Gasteiger partial charge in [-0.05, 0) is 34.5 Å². The number of fused-ring (bicyclic) bond motifs is 1. The molecule has 132 valence electrons. The average molecular weight is 355 g/mol. The molecule has 3 rings (SSSR count). The summed E-state index contributed by atoms with van der Waals surface area (Å²) in [6.45, 7) is 0. The van der Waals surface area contributed by atoms with Crippen molar-refractivity contribution in [3.05, 3.63) is 83.4 Å². The molecule has 3 aromatic rings. The normalized spacial score (nSPS) is 11.9. The van der Waals surface area contributed by atoms with Gasteiger partial charge in [0.1, 0.15) is 6.04 Å². The lowest BCUT2D eigenvalue weighted by molar-refractivity contribution is -0.139. The number of nitrogens with one attached hydrogen (secondary N) is 1. The molecule has 0 aliphatic heterocycles. The number of rotatable bonds is 5. The van der Waals surface area contributed by atoms with Gasteiger partial charge in [0.05, 0.1) is 0 Å². The van der Waals surface area contributed by atoms with Crippen molar-refractivity contribution in [1.29, 1.82) is 0 Å². The highest BCUT2D eigenvalue weighted by Gasteiger charge is 2.22. The molecule has 0 aliphatic rings. The van der Waals surface area contributed by atoms with Crippen molar-refractivity contribution < 1.29 is 23.5 Å². The second-order valence-corrected chi connectivity index (χ2v) is 5.88. The van der Waals surface area contributed by atoms with E-state index in [1.165, 1.54) is 0 Å². The zero-order valence-corrected chi connectivity index (χ0v) is 13.6. The molecule has 0 saturated carbocycles. The van der Waals surface area contributed by atoms with Crippen molar-refractivity contribution in [3.8, 4) is 0 Å². The number of aliphatic carboxylic acids is 1. The highest BCUT2D eigenvalue weighted by atomic mass is 19.2. The molecule has 0 bridgehead atoms. The summed E-state index contributed by atoms with van der Waals surface area (Å²) < 4.78 is 26.2. The van der Waals surface area contributed by atoms with Crippen molar-refractivity contribution in [2.24, 2.45) is 0 Å². The quantitative estimate of drug-likeness (QED) is 0.736. The van der Waals surface area contributed by atoms with Gasteiger partial charge in [0.15, 0.2) is 11.6 Å². The molecule has 26 heavy (non-hydrogen) atoms. The van der Waals surface area contributed by atoms with E-state index < -0.39 is 29.6 Å². The predicted octanol–water partition coefficient (Wildman–Crippen LogP) is 3.54. The van der Waals surface area contributed by atoms with Gasteiger partial charge in [-0.25, -0.2) is 13.6 Å². The molecule has 0 heterocycles. The van der Waals surface area contributed by atoms with E-state index in [2.05, 4.69) is 5.32 Å². The van der Waals surface area contributed by atoms with E-state index in [1.54, 1.807) is 6.07 Å². The van der Waals surface area contributed by atoms with Crippen LogP contribution in [-0.4, -0.2) is 23.0 Å². The van der Waals surface area contributed by atoms with Gasteiger partial charge in [-0.2, -0.15) is 0 Å². The van der Waals surface area contributed by atoms with Gasteiger partial charge < -0.3 is 10.4 Å². The third-order valence-electron chi connectivity index (χ3n) is 4.04. The number of carbonyl (C=O) groups excluding carboxylic acids is 1. The summed E-state index contributed by atoms with van der Waals surface area (Å²) in [4.78, 5) is 23.7. The SMILES string of the molecule is O=C(N[C@@H](Cc1ccc2ccccc2c1)C(=O)O)c1ccc(F)c(F)c1. The molecule has 0 saturated heterocycles. The monoisotopic (exact) mass is 355 g/mol. The summed E-state index contributed by atoms with van der Waals surface area (Å²) in [6, 6.07) is 14.6. The van der Waals surface area contributed by atoms with Crippen LogP contribution in [0.2, 0.25) is 0 Å². The van der Waals surface area contributed by atoms with Crippen LogP contribution >= 0.6 is 0 Å². The van der Waals surface area contributed by atoms with Crippen molar-refractivity contribution in [2.75, 3.05) is 0 Å². The summed E-state index contributed by atoms with van der Waals surface area (Å²) in [5, 5.41) is 13.7. The van der Waals surface area contributed by atoms with Gasteiger partial charge in [0.2, 0.25) is 0 Å². The minimum atomic E-state index is -1.21. The Morgan fingerprint density at radius 3 is 2.35 bits per heavy atom. The predicted molar refractivity (Wildman–Crippen MR) is 92.9 cm³/mol. The van der Waals surface area contributed by atoms with Crippen LogP contribution in [0, 0.1) is 11.6 Å². The second-order valence-electron chi connectivity index (χ2n) is 5.88. The topological polar surface area (TPSA) is 66.4 Å². The summed E-state index contributed by atoms with van der Waals surface area (Å²) in [7, 11) is 0. The molecular weight excluding hydrogens is 340 g/mol. The van der Waals surface area contributed by atoms with E-state index in [9.17, 15) is 23.5 Å². The van der Waals surface area contributed by atoms with Gasteiger partial charge in [0, 0.05) is 12.0 Å². The van der Waals surface area contributed by atoms with Gasteiger partial charge in [-0.3, -0.25) is 4.79 Å². The van der Waals surface area contributed by atoms with Crippen LogP contribution in [0.15, 0.2) is 60.7 Å². The van der Waals surface area contributed by atoms with Gasteiger partial charge in [0.25, 0.3) is 5.91 Å². The summed E-state index contributed by atoms with van der Waals surface area (Å²) in [5.41, 5.74) is 0.593. The minimum Gasteiger partial charge on any atom is -0.480 e. The largest absolute Gasteiger partial charge is 0.480 e. The Labute approximate surface area is 148 Å². The van der Waals surface area contributed by atoms with Gasteiger partial charge in [-0.15, -0.1) is 0 Å². The molecule has 4 nitrogen and oxygen atoms in total. The fourth-order valence-corrected chi connectivity index (χ4v) is 2.68. The molecular formula is C20H15F2NO3. The van der Waals surface area contributed by atoms with Gasteiger partial charge >= 0.3 is 5.97 Å². The zero-order chi connectivity index (χ0) is 18.7. The van der Waals surface area contributed by atoms with Crippen LogP contribution < -0.4 is 5.32 Å². The summed E-state index contributed by atoms with van der Waals surface area (Å²) in [5.74, 6) is -4.24. The third-order valence-corrected chi connectivity index (χ3v) is 4.04. The fourth-order valence-electron chi connectivity index (χ4n) is 2.68. The van der Waals surface area contributed by atoms with Crippen LogP contribution in [0.4, 0.5) is 8.78 Å². The number of halogens is 2. The molecule has 2 N–H and O–H groups in total. The van der Waals surface area contributed by atoms with Crippen LogP contribution in [0.1, 0.15) is 15.9 Å². The number of hydrogen-bond donors (Lipinski definition) is 2. The van der Waals surface area contributed by atoms with Crippen LogP contribution in [-0.2, 0) is 11.2 Å². The number of carbonyl (C=O) groups is 2. The van der Waals surface area contributed by atoms with Crippen molar-refractivity contribution >= 4 is 22.6 Å². The maximum Gasteiger partial charge on any atom is 0.326 e. The zero-order valence-electron chi connectivity index (χ0n) is 13.6. The van der Waals surface area contributed by atoms with E-state index in [0.29, 0.717) is 0 Å². The Morgan fingerprint density at radius 2 is 1.65 bits per heavy atom. The van der Waals surface area contributed by atoms with E-state index >= 15 is 0 Å². The number of hydrogen-bond acceptors (Lipinski definition) is 2. The molecule has 0 fully saturated rings. The van der Waals surface area contributed by atoms with Crippen molar-refractivity contribution in [1.82, 2.24) is 5.32 Å². The highest BCUT2D eigenvalue weighted by Crippen LogP contribution is 2.17. The summed E-state index contributed by atoms with van der Waals surface area (Å²) in [6.07, 6.45) is 0.0651. The molecule has 0 aliphatic carbocycles. The summed E-state index contributed by atoms with van der Waals surface area (Å²) >= 11 is 0. The molecule has 0 spiro atoms. The first-order valence-corrected chi connectivity index (χ1v) is 7.90. The molecule has 0 aromatic heterocycles. The van der Waals surface area contributed by atoms with Crippen LogP contribution in [0.5, 0.6) is 0 Å². The standard InChI is InChI=1S/C20H15F2NO3/c21-16-8-7-15(11-17(16)22)19(24)23-18(20(25)26)10-12-5-6-13-3-1-2-4-14(13)9-12/h1-9,11,18H,10H2,(H,23,24)(H,25,26)/t18-/m0/s1. The van der Waals surface area contributed by atoms with Crippen LogP contribution in [0.3, 0.4) is 0 Å². The average Bonchev–Trinajstić information content (AvgIpc) is 2.63. The number of carboxylic acid groups (broad SMARTS) is 1. The Balaban J connectivity index is 1.78. The lowest BCUT2D eigenvalue weighted by Crippen LogP contribution is -2.42. The fraction of sp³-hybridized carbons (Fsp3) is 0.100. The van der Waals surface area contributed by atoms with Crippen molar-refractivity contribution in [3.63, 3.8) is 0 Å². The Bertz CT molecular complexity index is 988. The first kappa shape index (κ1) is 17.5. The van der Waals surface area contributed by atoms with Crippen molar-refractivity contribution in [2.45, 2.75) is 12.5 Å². The third kappa shape index (κ3) is 3.85. The number of benzene rings is 3. The second kappa shape index (κ2) is 7.31. The van der Waals surface area contributed by atoms with E-state index in [1.807, 2.05) is 36.4 Å². The lowest BCUT2D eigenvalue weighted by atomic mass is 10.0. The maximum atomic E-state index is 13.3. The number of amides is 1. The van der Waals surface area contributed by atoms with E-state index in [-0.39, 0.29) is 12.0 Å². The molecule has 0 unspecified atom stereocenters. The minimum absolute atomic E-state index is 0.0651. The van der Waals surface area contributed by atoms with Crippen LogP contribution in [0.25, 0.3) is 10.8 Å². The Kier molecular flexibility index (Phi) is 4.93. The highest BCUT2D eigenvalue weighted by molar-refractivity contribution is 5.96. The molecule has 1 atom stereocenters. The van der Waals surface area contributed by atoms with E-state index in [4.69, 9.17) is 0 Å².